The van der Waals surface area contributed by atoms with Gasteiger partial charge in [0.15, 0.2) is 0 Å². The van der Waals surface area contributed by atoms with E-state index in [1.54, 1.807) is 0 Å². The predicted octanol–water partition coefficient (Wildman–Crippen LogP) is 2.51. The van der Waals surface area contributed by atoms with E-state index < -0.39 is 6.16 Å². The van der Waals surface area contributed by atoms with Gasteiger partial charge in [0, 0.05) is 0 Å². The Morgan fingerprint density at radius 1 is 1.56 bits per heavy atom. The van der Waals surface area contributed by atoms with Crippen LogP contribution in [0.25, 0.3) is 0 Å². The van der Waals surface area contributed by atoms with Crippen molar-refractivity contribution in [1.29, 1.82) is 0 Å². The molecule has 0 amide bonds. The molecule has 0 aliphatic carbocycles. The number of piperidine rings is 1. The van der Waals surface area contributed by atoms with Crippen LogP contribution in [0.5, 0.6) is 0 Å². The van der Waals surface area contributed by atoms with Gasteiger partial charge in [-0.3, -0.25) is 0 Å². The summed E-state index contributed by atoms with van der Waals surface area (Å²) in [5, 5.41) is 11.1. The molecule has 0 atom stereocenters. The van der Waals surface area contributed by atoms with Crippen LogP contribution >= 0.6 is 0 Å². The summed E-state index contributed by atoms with van der Waals surface area (Å²) in [7, 11) is 0. The molecule has 94 valence electrons. The van der Waals surface area contributed by atoms with E-state index in [0.717, 1.165) is 11.8 Å². The van der Waals surface area contributed by atoms with Crippen molar-refractivity contribution in [3.8, 4) is 0 Å². The Hall–Kier alpha value is -1.03. The van der Waals surface area contributed by atoms with E-state index in [2.05, 4.69) is 30.5 Å². The van der Waals surface area contributed by atoms with Gasteiger partial charge in [0.05, 0.1) is 0 Å². The zero-order chi connectivity index (χ0) is 12.4. The zero-order valence-corrected chi connectivity index (χ0v) is 10.2. The minimum Gasteiger partial charge on any atom is -0.450 e. The Balaban J connectivity index is 0.000000293. The topological polar surface area (TPSA) is 58.6 Å². The maximum Gasteiger partial charge on any atom is 0.506 e. The van der Waals surface area contributed by atoms with E-state index in [4.69, 9.17) is 5.11 Å². The summed E-state index contributed by atoms with van der Waals surface area (Å²) in [6.45, 7) is 10.4. The molecule has 0 spiro atoms. The molecule has 4 nitrogen and oxygen atoms in total. The molecule has 0 aromatic carbocycles. The monoisotopic (exact) mass is 229 g/mol. The lowest BCUT2D eigenvalue weighted by Crippen LogP contribution is -2.29. The van der Waals surface area contributed by atoms with E-state index in [1.165, 1.54) is 32.0 Å². The smallest absolute Gasteiger partial charge is 0.450 e. The SMILES string of the molecule is C=CCOC(=O)O.CC(C)C1CCNCC1. The third-order valence-corrected chi connectivity index (χ3v) is 2.65. The fourth-order valence-electron chi connectivity index (χ4n) is 1.64. The van der Waals surface area contributed by atoms with Gasteiger partial charge in [0.1, 0.15) is 6.61 Å². The van der Waals surface area contributed by atoms with Crippen molar-refractivity contribution in [3.05, 3.63) is 12.7 Å². The quantitative estimate of drug-likeness (QED) is 0.576. The van der Waals surface area contributed by atoms with Crippen molar-refractivity contribution < 1.29 is 14.6 Å². The van der Waals surface area contributed by atoms with E-state index in [1.807, 2.05) is 0 Å². The molecule has 4 heteroatoms. The minimum atomic E-state index is -1.26. The number of carbonyl (C=O) groups is 1. The second kappa shape index (κ2) is 9.21. The number of hydrogen-bond acceptors (Lipinski definition) is 3. The summed E-state index contributed by atoms with van der Waals surface area (Å²) in [6, 6.07) is 0. The fraction of sp³-hybridized carbons (Fsp3) is 0.750. The minimum absolute atomic E-state index is 0.0648. The summed E-state index contributed by atoms with van der Waals surface area (Å²) in [4.78, 5) is 9.49. The van der Waals surface area contributed by atoms with Gasteiger partial charge >= 0.3 is 6.16 Å². The zero-order valence-electron chi connectivity index (χ0n) is 10.2. The molecule has 0 radical (unpaired) electrons. The maximum atomic E-state index is 9.49. The average Bonchev–Trinajstić information content (AvgIpc) is 2.28. The third-order valence-electron chi connectivity index (χ3n) is 2.65. The summed E-state index contributed by atoms with van der Waals surface area (Å²) in [5.74, 6) is 1.89. The molecule has 0 unspecified atom stereocenters. The normalized spacial score (nSPS) is 16.2. The summed E-state index contributed by atoms with van der Waals surface area (Å²) in [6.07, 6.45) is 2.88. The van der Waals surface area contributed by atoms with Gasteiger partial charge in [0.25, 0.3) is 0 Å². The van der Waals surface area contributed by atoms with Crippen molar-refractivity contribution in [1.82, 2.24) is 5.32 Å². The molecule has 1 fully saturated rings. The largest absolute Gasteiger partial charge is 0.506 e. The van der Waals surface area contributed by atoms with Crippen LogP contribution in [0.4, 0.5) is 4.79 Å². The number of nitrogens with one attached hydrogen (secondary N) is 1. The van der Waals surface area contributed by atoms with Crippen LogP contribution in [-0.4, -0.2) is 31.0 Å². The Morgan fingerprint density at radius 2 is 2.12 bits per heavy atom. The molecule has 0 aromatic heterocycles. The molecule has 2 N–H and O–H groups in total. The molecule has 1 aliphatic rings. The average molecular weight is 229 g/mol. The molecule has 1 rings (SSSR count). The first-order valence-corrected chi connectivity index (χ1v) is 5.75. The highest BCUT2D eigenvalue weighted by molar-refractivity contribution is 5.56. The highest BCUT2D eigenvalue weighted by atomic mass is 16.7. The highest BCUT2D eigenvalue weighted by Crippen LogP contribution is 2.20. The van der Waals surface area contributed by atoms with Gasteiger partial charge in [-0.05, 0) is 37.8 Å². The van der Waals surface area contributed by atoms with Crippen LogP contribution < -0.4 is 5.32 Å². The molecule has 16 heavy (non-hydrogen) atoms. The van der Waals surface area contributed by atoms with Crippen molar-refractivity contribution in [3.63, 3.8) is 0 Å². The summed E-state index contributed by atoms with van der Waals surface area (Å²) >= 11 is 0. The molecule has 1 aliphatic heterocycles. The fourth-order valence-corrected chi connectivity index (χ4v) is 1.64. The number of rotatable bonds is 3. The van der Waals surface area contributed by atoms with Crippen molar-refractivity contribution in [2.45, 2.75) is 26.7 Å². The molecular formula is C12H23NO3. The van der Waals surface area contributed by atoms with E-state index in [-0.39, 0.29) is 6.61 Å². The lowest BCUT2D eigenvalue weighted by Gasteiger charge is -2.25. The van der Waals surface area contributed by atoms with Gasteiger partial charge in [-0.2, -0.15) is 0 Å². The van der Waals surface area contributed by atoms with E-state index in [9.17, 15) is 4.79 Å². The summed E-state index contributed by atoms with van der Waals surface area (Å²) < 4.78 is 3.99. The lowest BCUT2D eigenvalue weighted by molar-refractivity contribution is 0.102. The van der Waals surface area contributed by atoms with E-state index >= 15 is 0 Å². The lowest BCUT2D eigenvalue weighted by atomic mass is 9.87. The molecule has 0 aromatic rings. The van der Waals surface area contributed by atoms with Crippen LogP contribution in [0.2, 0.25) is 0 Å². The van der Waals surface area contributed by atoms with Gasteiger partial charge in [-0.25, -0.2) is 4.79 Å². The van der Waals surface area contributed by atoms with Gasteiger partial charge in [-0.15, -0.1) is 0 Å². The van der Waals surface area contributed by atoms with Crippen molar-refractivity contribution in [2.24, 2.45) is 11.8 Å². The van der Waals surface area contributed by atoms with Crippen LogP contribution in [0, 0.1) is 11.8 Å². The molecule has 1 saturated heterocycles. The van der Waals surface area contributed by atoms with Crippen LogP contribution in [0.15, 0.2) is 12.7 Å². The number of ether oxygens (including phenoxy) is 1. The second-order valence-corrected chi connectivity index (χ2v) is 4.20. The molecule has 1 heterocycles. The molecular weight excluding hydrogens is 206 g/mol. The van der Waals surface area contributed by atoms with Crippen LogP contribution in [0.1, 0.15) is 26.7 Å². The van der Waals surface area contributed by atoms with Gasteiger partial charge < -0.3 is 15.2 Å². The number of hydrogen-bond donors (Lipinski definition) is 2. The van der Waals surface area contributed by atoms with E-state index in [0.29, 0.717) is 0 Å². The number of carboxylic acid groups (broad SMARTS) is 1. The first kappa shape index (κ1) is 15.0. The predicted molar refractivity (Wildman–Crippen MR) is 64.6 cm³/mol. The second-order valence-electron chi connectivity index (χ2n) is 4.20. The maximum absolute atomic E-state index is 9.49. The van der Waals surface area contributed by atoms with Crippen LogP contribution in [-0.2, 0) is 4.74 Å². The molecule has 0 bridgehead atoms. The van der Waals surface area contributed by atoms with Crippen molar-refractivity contribution in [2.75, 3.05) is 19.7 Å². The van der Waals surface area contributed by atoms with Crippen LogP contribution in [0.3, 0.4) is 0 Å². The first-order valence-electron chi connectivity index (χ1n) is 5.75. The third kappa shape index (κ3) is 8.29. The first-order chi connectivity index (χ1) is 7.57. The Labute approximate surface area is 97.7 Å². The Morgan fingerprint density at radius 3 is 2.38 bits per heavy atom. The highest BCUT2D eigenvalue weighted by Gasteiger charge is 2.15. The van der Waals surface area contributed by atoms with Crippen molar-refractivity contribution >= 4 is 6.16 Å². The summed E-state index contributed by atoms with van der Waals surface area (Å²) in [5.41, 5.74) is 0. The van der Waals surface area contributed by atoms with Gasteiger partial charge in [-0.1, -0.05) is 26.5 Å². The Bertz CT molecular complexity index is 198. The molecule has 0 saturated carbocycles. The standard InChI is InChI=1S/C8H17N.C4H6O3/c1-7(2)8-3-5-9-6-4-8;1-2-3-7-4(5)6/h7-9H,3-6H2,1-2H3;2H,1,3H2,(H,5,6). The Kier molecular flexibility index (Phi) is 8.62. The van der Waals surface area contributed by atoms with Gasteiger partial charge in [0.2, 0.25) is 0 Å².